The van der Waals surface area contributed by atoms with Gasteiger partial charge in [0.05, 0.1) is 29.2 Å². The number of nitrogens with one attached hydrogen (secondary N) is 3. The van der Waals surface area contributed by atoms with Gasteiger partial charge in [0.15, 0.2) is 11.6 Å². The van der Waals surface area contributed by atoms with Crippen LogP contribution in [0.4, 0.5) is 11.5 Å². The first-order chi connectivity index (χ1) is 16.0. The highest BCUT2D eigenvalue weighted by Gasteiger charge is 2.32. The van der Waals surface area contributed by atoms with Crippen LogP contribution < -0.4 is 15.8 Å². The van der Waals surface area contributed by atoms with Gasteiger partial charge in [-0.3, -0.25) is 14.9 Å². The van der Waals surface area contributed by atoms with E-state index in [0.717, 1.165) is 24.7 Å². The molecule has 1 aliphatic heterocycles. The van der Waals surface area contributed by atoms with Gasteiger partial charge in [-0.15, -0.1) is 0 Å². The number of amides is 1. The van der Waals surface area contributed by atoms with Crippen molar-refractivity contribution in [2.75, 3.05) is 22.8 Å². The van der Waals surface area contributed by atoms with Gasteiger partial charge in [0.25, 0.3) is 5.91 Å². The molecular formula is C21H25ClN8O3S. The molecule has 1 aromatic carbocycles. The second kappa shape index (κ2) is 9.11. The van der Waals surface area contributed by atoms with E-state index in [4.69, 9.17) is 22.7 Å². The van der Waals surface area contributed by atoms with E-state index in [1.54, 1.807) is 21.7 Å². The fourth-order valence-corrected chi connectivity index (χ4v) is 4.81. The summed E-state index contributed by atoms with van der Waals surface area (Å²) in [6.45, 7) is 2.32. The molecule has 1 atom stereocenters. The molecule has 11 nitrogen and oxygen atoms in total. The predicted molar refractivity (Wildman–Crippen MR) is 131 cm³/mol. The van der Waals surface area contributed by atoms with Crippen LogP contribution in [0.15, 0.2) is 30.5 Å². The Balaban J connectivity index is 1.71. The number of hydrogen-bond donors (Lipinski definition) is 4. The molecule has 180 valence electrons. The second-order valence-electron chi connectivity index (χ2n) is 8.26. The van der Waals surface area contributed by atoms with E-state index in [0.29, 0.717) is 35.1 Å². The Kier molecular flexibility index (Phi) is 6.36. The highest BCUT2D eigenvalue weighted by molar-refractivity contribution is 7.92. The summed E-state index contributed by atoms with van der Waals surface area (Å²) in [7, 11) is -3.59. The van der Waals surface area contributed by atoms with E-state index in [1.165, 1.54) is 18.2 Å². The number of anilines is 2. The predicted octanol–water partition coefficient (Wildman–Crippen LogP) is 2.74. The van der Waals surface area contributed by atoms with Crippen LogP contribution in [-0.2, 0) is 10.0 Å². The van der Waals surface area contributed by atoms with Crippen LogP contribution in [0.2, 0.25) is 5.02 Å². The summed E-state index contributed by atoms with van der Waals surface area (Å²) in [6, 6.07) is 5.96. The van der Waals surface area contributed by atoms with Crippen LogP contribution in [0.25, 0.3) is 5.65 Å². The number of hydrogen-bond acceptors (Lipinski definition) is 6. The number of carbonyl (C=O) groups is 1. The Morgan fingerprint density at radius 2 is 2.06 bits per heavy atom. The fraction of sp³-hybridized carbons (Fsp3) is 0.333. The number of halogens is 1. The van der Waals surface area contributed by atoms with E-state index < -0.39 is 10.0 Å². The first kappa shape index (κ1) is 23.8. The van der Waals surface area contributed by atoms with Crippen molar-refractivity contribution in [3.8, 4) is 0 Å². The van der Waals surface area contributed by atoms with Crippen LogP contribution in [-0.4, -0.2) is 52.6 Å². The number of carbonyl (C=O) groups excluding carboxylic acids is 1. The van der Waals surface area contributed by atoms with Crippen molar-refractivity contribution >= 4 is 50.6 Å². The zero-order valence-electron chi connectivity index (χ0n) is 18.7. The van der Waals surface area contributed by atoms with Crippen molar-refractivity contribution in [2.24, 2.45) is 5.73 Å². The average molecular weight is 505 g/mol. The van der Waals surface area contributed by atoms with Crippen LogP contribution in [0.3, 0.4) is 0 Å². The largest absolute Gasteiger partial charge is 0.370 e. The number of rotatable bonds is 5. The summed E-state index contributed by atoms with van der Waals surface area (Å²) in [5, 5.41) is 15.1. The van der Waals surface area contributed by atoms with Crippen molar-refractivity contribution in [3.05, 3.63) is 52.3 Å². The second-order valence-corrected chi connectivity index (χ2v) is 10.4. The standard InChI is InChI=1S/C21H25ClN8O3S/c1-12-11-30-18(25-19(12)26-21(23)24)10-16(27-30)17-5-3-4-8-29(17)20(31)14-9-13(22)6-7-15(14)28-34(2,32)33/h6-7,9-11,17,28H,3-5,8H2,1-2H3,(H4,23,24,25,26)/t17-/m0/s1. The van der Waals surface area contributed by atoms with Crippen LogP contribution in [0, 0.1) is 12.3 Å². The SMILES string of the molecule is Cc1cn2nc([C@@H]3CCCCN3C(=O)c3cc(Cl)ccc3NS(C)(=O)=O)cc2nc1NC(=N)N. The molecule has 3 aromatic rings. The van der Waals surface area contributed by atoms with E-state index in [9.17, 15) is 13.2 Å². The van der Waals surface area contributed by atoms with Crippen molar-refractivity contribution in [1.29, 1.82) is 5.41 Å². The molecule has 1 aliphatic rings. The number of fused-ring (bicyclic) bond motifs is 1. The van der Waals surface area contributed by atoms with E-state index in [2.05, 4.69) is 20.1 Å². The highest BCUT2D eigenvalue weighted by Crippen LogP contribution is 2.34. The summed E-state index contributed by atoms with van der Waals surface area (Å²) < 4.78 is 27.7. The molecule has 0 aliphatic carbocycles. The van der Waals surface area contributed by atoms with Crippen LogP contribution in [0.5, 0.6) is 0 Å². The van der Waals surface area contributed by atoms with Gasteiger partial charge in [0.1, 0.15) is 5.82 Å². The summed E-state index contributed by atoms with van der Waals surface area (Å²) >= 11 is 6.14. The molecule has 1 fully saturated rings. The lowest BCUT2D eigenvalue weighted by Gasteiger charge is -2.35. The monoisotopic (exact) mass is 504 g/mol. The minimum Gasteiger partial charge on any atom is -0.370 e. The Labute approximate surface area is 201 Å². The average Bonchev–Trinajstić information content (AvgIpc) is 3.16. The molecule has 0 unspecified atom stereocenters. The maximum absolute atomic E-state index is 13.6. The third-order valence-corrected chi connectivity index (χ3v) is 6.34. The summed E-state index contributed by atoms with van der Waals surface area (Å²) in [4.78, 5) is 19.8. The van der Waals surface area contributed by atoms with Crippen LogP contribution in [0.1, 0.15) is 46.9 Å². The summed E-state index contributed by atoms with van der Waals surface area (Å²) in [5.41, 5.74) is 7.76. The smallest absolute Gasteiger partial charge is 0.256 e. The van der Waals surface area contributed by atoms with Crippen molar-refractivity contribution in [1.82, 2.24) is 19.5 Å². The lowest BCUT2D eigenvalue weighted by molar-refractivity contribution is 0.0607. The number of piperidine rings is 1. The van der Waals surface area contributed by atoms with Crippen LogP contribution >= 0.6 is 11.6 Å². The molecule has 5 N–H and O–H groups in total. The molecule has 4 rings (SSSR count). The van der Waals surface area contributed by atoms with Gasteiger partial charge in [-0.2, -0.15) is 5.10 Å². The molecule has 1 saturated heterocycles. The minimum atomic E-state index is -3.59. The topological polar surface area (TPSA) is 159 Å². The number of benzene rings is 1. The maximum atomic E-state index is 13.6. The van der Waals surface area contributed by atoms with Gasteiger partial charge in [-0.25, -0.2) is 17.9 Å². The Bertz CT molecular complexity index is 1390. The third-order valence-electron chi connectivity index (χ3n) is 5.52. The highest BCUT2D eigenvalue weighted by atomic mass is 35.5. The molecule has 0 radical (unpaired) electrons. The first-order valence-electron chi connectivity index (χ1n) is 10.6. The molecular weight excluding hydrogens is 480 g/mol. The zero-order chi connectivity index (χ0) is 24.6. The molecule has 34 heavy (non-hydrogen) atoms. The number of sulfonamides is 1. The molecule has 3 heterocycles. The summed E-state index contributed by atoms with van der Waals surface area (Å²) in [6.07, 6.45) is 5.23. The third kappa shape index (κ3) is 5.07. The minimum absolute atomic E-state index is 0.175. The van der Waals surface area contributed by atoms with Gasteiger partial charge in [-0.1, -0.05) is 11.6 Å². The van der Waals surface area contributed by atoms with E-state index >= 15 is 0 Å². The lowest BCUT2D eigenvalue weighted by atomic mass is 9.98. The Hall–Kier alpha value is -3.38. The number of aryl methyl sites for hydroxylation is 1. The number of nitrogens with two attached hydrogens (primary N) is 1. The first-order valence-corrected chi connectivity index (χ1v) is 12.8. The van der Waals surface area contributed by atoms with Gasteiger partial charge in [-0.05, 0) is 44.4 Å². The van der Waals surface area contributed by atoms with E-state index in [-0.39, 0.29) is 29.2 Å². The van der Waals surface area contributed by atoms with Crippen molar-refractivity contribution < 1.29 is 13.2 Å². The van der Waals surface area contributed by atoms with Crippen molar-refractivity contribution in [3.63, 3.8) is 0 Å². The summed E-state index contributed by atoms with van der Waals surface area (Å²) in [5.74, 6) is -0.0966. The molecule has 0 bridgehead atoms. The number of guanidine groups is 1. The lowest BCUT2D eigenvalue weighted by Crippen LogP contribution is -2.39. The normalized spacial score (nSPS) is 16.4. The molecule has 0 saturated carbocycles. The maximum Gasteiger partial charge on any atom is 0.256 e. The fourth-order valence-electron chi connectivity index (χ4n) is 4.06. The molecule has 1 amide bonds. The van der Waals surface area contributed by atoms with Gasteiger partial charge in [0.2, 0.25) is 10.0 Å². The van der Waals surface area contributed by atoms with E-state index in [1.807, 2.05) is 6.92 Å². The number of likely N-dealkylation sites (tertiary alicyclic amines) is 1. The van der Waals surface area contributed by atoms with Gasteiger partial charge in [0, 0.05) is 29.4 Å². The van der Waals surface area contributed by atoms with Gasteiger partial charge < -0.3 is 16.0 Å². The molecule has 13 heteroatoms. The number of nitrogens with zero attached hydrogens (tertiary/aromatic N) is 4. The quantitative estimate of drug-likeness (QED) is 0.307. The zero-order valence-corrected chi connectivity index (χ0v) is 20.2. The van der Waals surface area contributed by atoms with Gasteiger partial charge >= 0.3 is 0 Å². The molecule has 0 spiro atoms. The Morgan fingerprint density at radius 3 is 2.76 bits per heavy atom. The number of aromatic nitrogens is 3. The Morgan fingerprint density at radius 1 is 1.29 bits per heavy atom. The van der Waals surface area contributed by atoms with Crippen molar-refractivity contribution in [2.45, 2.75) is 32.2 Å². The molecule has 2 aromatic heterocycles.